The van der Waals surface area contributed by atoms with E-state index < -0.39 is 12.1 Å². The number of amides is 1. The standard InChI is InChI=1S/C17H19N3O4/c1-2-13-15(16(21)22)20-9-8-19(10-14(20)18-13)17(23)24-11-12-6-4-3-5-7-12/h3-7H,2,8-11H2,1H3,(H,21,22). The Kier molecular flexibility index (Phi) is 4.50. The van der Waals surface area contributed by atoms with Crippen LogP contribution in [0.15, 0.2) is 30.3 Å². The fraction of sp³-hybridized carbons (Fsp3) is 0.353. The number of imidazole rings is 1. The van der Waals surface area contributed by atoms with Gasteiger partial charge in [0.1, 0.15) is 12.4 Å². The van der Waals surface area contributed by atoms with Crippen LogP contribution in [0.25, 0.3) is 0 Å². The highest BCUT2D eigenvalue weighted by Gasteiger charge is 2.28. The van der Waals surface area contributed by atoms with E-state index in [0.717, 1.165) is 5.56 Å². The molecule has 0 saturated carbocycles. The summed E-state index contributed by atoms with van der Waals surface area (Å²) < 4.78 is 7.01. The summed E-state index contributed by atoms with van der Waals surface area (Å²) in [4.78, 5) is 29.6. The van der Waals surface area contributed by atoms with Gasteiger partial charge in [-0.3, -0.25) is 4.90 Å². The summed E-state index contributed by atoms with van der Waals surface area (Å²) in [5.74, 6) is -0.391. The van der Waals surface area contributed by atoms with Gasteiger partial charge in [0, 0.05) is 13.1 Å². The average Bonchev–Trinajstić information content (AvgIpc) is 2.98. The molecule has 126 valence electrons. The van der Waals surface area contributed by atoms with E-state index in [1.165, 1.54) is 0 Å². The minimum atomic E-state index is -0.981. The van der Waals surface area contributed by atoms with Crippen LogP contribution in [0.4, 0.5) is 4.79 Å². The molecule has 1 aromatic heterocycles. The summed E-state index contributed by atoms with van der Waals surface area (Å²) >= 11 is 0. The van der Waals surface area contributed by atoms with Crippen LogP contribution in [0, 0.1) is 0 Å². The van der Waals surface area contributed by atoms with Gasteiger partial charge in [0.05, 0.1) is 12.2 Å². The topological polar surface area (TPSA) is 84.7 Å². The zero-order chi connectivity index (χ0) is 17.1. The summed E-state index contributed by atoms with van der Waals surface area (Å²) in [6, 6.07) is 9.47. The lowest BCUT2D eigenvalue weighted by Crippen LogP contribution is -2.39. The van der Waals surface area contributed by atoms with E-state index in [4.69, 9.17) is 4.74 Å². The number of nitrogens with zero attached hydrogens (tertiary/aromatic N) is 3. The van der Waals surface area contributed by atoms with Crippen LogP contribution in [-0.4, -0.2) is 38.2 Å². The van der Waals surface area contributed by atoms with E-state index in [-0.39, 0.29) is 18.8 Å². The van der Waals surface area contributed by atoms with Crippen molar-refractivity contribution in [2.45, 2.75) is 33.0 Å². The molecule has 1 N–H and O–H groups in total. The van der Waals surface area contributed by atoms with Crippen LogP contribution in [0.1, 0.15) is 34.5 Å². The highest BCUT2D eigenvalue weighted by atomic mass is 16.6. The van der Waals surface area contributed by atoms with Crippen molar-refractivity contribution in [1.29, 1.82) is 0 Å². The van der Waals surface area contributed by atoms with Crippen LogP contribution in [0.5, 0.6) is 0 Å². The molecule has 1 aliphatic rings. The molecular formula is C17H19N3O4. The van der Waals surface area contributed by atoms with E-state index in [1.807, 2.05) is 37.3 Å². The van der Waals surface area contributed by atoms with Gasteiger partial charge in [-0.1, -0.05) is 37.3 Å². The van der Waals surface area contributed by atoms with Crippen molar-refractivity contribution < 1.29 is 19.4 Å². The lowest BCUT2D eigenvalue weighted by molar-refractivity contribution is 0.0676. The minimum Gasteiger partial charge on any atom is -0.477 e. The number of aryl methyl sites for hydroxylation is 1. The third-order valence-electron chi connectivity index (χ3n) is 4.05. The number of carbonyl (C=O) groups is 2. The normalized spacial score (nSPS) is 13.5. The number of carboxylic acids is 1. The SMILES string of the molecule is CCc1nc2n(c1C(=O)O)CCN(C(=O)OCc1ccccc1)C2. The van der Waals surface area contributed by atoms with Crippen LogP contribution in [0.2, 0.25) is 0 Å². The summed E-state index contributed by atoms with van der Waals surface area (Å²) in [5.41, 5.74) is 1.70. The molecule has 3 rings (SSSR count). The van der Waals surface area contributed by atoms with Crippen LogP contribution in [0.3, 0.4) is 0 Å². The molecule has 0 aliphatic carbocycles. The number of carbonyl (C=O) groups excluding carboxylic acids is 1. The lowest BCUT2D eigenvalue weighted by atomic mass is 10.2. The maximum absolute atomic E-state index is 12.2. The third-order valence-corrected chi connectivity index (χ3v) is 4.05. The minimum absolute atomic E-state index is 0.213. The molecule has 0 saturated heterocycles. The first kappa shape index (κ1) is 16.0. The smallest absolute Gasteiger partial charge is 0.410 e. The Morgan fingerprint density at radius 1 is 1.25 bits per heavy atom. The number of ether oxygens (including phenoxy) is 1. The summed E-state index contributed by atoms with van der Waals surface area (Å²) in [6.45, 7) is 3.15. The molecule has 0 radical (unpaired) electrons. The summed E-state index contributed by atoms with van der Waals surface area (Å²) in [5, 5.41) is 9.36. The molecule has 0 spiro atoms. The van der Waals surface area contributed by atoms with Gasteiger partial charge in [-0.2, -0.15) is 0 Å². The first-order valence-electron chi connectivity index (χ1n) is 7.87. The highest BCUT2D eigenvalue weighted by Crippen LogP contribution is 2.19. The molecule has 0 bridgehead atoms. The van der Waals surface area contributed by atoms with Crippen LogP contribution >= 0.6 is 0 Å². The molecule has 7 nitrogen and oxygen atoms in total. The highest BCUT2D eigenvalue weighted by molar-refractivity contribution is 5.87. The summed E-state index contributed by atoms with van der Waals surface area (Å²) in [6.07, 6.45) is 0.128. The molecule has 0 unspecified atom stereocenters. The second-order valence-corrected chi connectivity index (χ2v) is 5.60. The zero-order valence-electron chi connectivity index (χ0n) is 13.4. The van der Waals surface area contributed by atoms with Gasteiger partial charge in [-0.25, -0.2) is 14.6 Å². The van der Waals surface area contributed by atoms with Crippen molar-refractivity contribution in [1.82, 2.24) is 14.5 Å². The lowest BCUT2D eigenvalue weighted by Gasteiger charge is -2.27. The molecular weight excluding hydrogens is 310 g/mol. The number of aromatic carboxylic acids is 1. The Bertz CT molecular complexity index is 755. The van der Waals surface area contributed by atoms with E-state index in [1.54, 1.807) is 9.47 Å². The van der Waals surface area contributed by atoms with E-state index in [0.29, 0.717) is 31.0 Å². The maximum Gasteiger partial charge on any atom is 0.410 e. The first-order valence-corrected chi connectivity index (χ1v) is 7.87. The molecule has 7 heteroatoms. The number of fused-ring (bicyclic) bond motifs is 1. The third kappa shape index (κ3) is 3.10. The Balaban J connectivity index is 1.68. The van der Waals surface area contributed by atoms with Crippen molar-refractivity contribution in [3.05, 3.63) is 53.1 Å². The van der Waals surface area contributed by atoms with Crippen molar-refractivity contribution in [2.24, 2.45) is 0 Å². The first-order chi connectivity index (χ1) is 11.6. The van der Waals surface area contributed by atoms with Crippen LogP contribution in [-0.2, 0) is 30.9 Å². The predicted molar refractivity (Wildman–Crippen MR) is 85.6 cm³/mol. The number of hydrogen-bond acceptors (Lipinski definition) is 4. The number of aromatic nitrogens is 2. The molecule has 1 aliphatic heterocycles. The van der Waals surface area contributed by atoms with Gasteiger partial charge >= 0.3 is 12.1 Å². The van der Waals surface area contributed by atoms with Gasteiger partial charge in [0.15, 0.2) is 5.69 Å². The van der Waals surface area contributed by atoms with Crippen molar-refractivity contribution >= 4 is 12.1 Å². The average molecular weight is 329 g/mol. The molecule has 0 atom stereocenters. The predicted octanol–water partition coefficient (Wildman–Crippen LogP) is 2.30. The maximum atomic E-state index is 12.2. The van der Waals surface area contributed by atoms with Gasteiger partial charge in [-0.15, -0.1) is 0 Å². The van der Waals surface area contributed by atoms with Gasteiger partial charge in [-0.05, 0) is 12.0 Å². The van der Waals surface area contributed by atoms with Crippen molar-refractivity contribution in [3.8, 4) is 0 Å². The van der Waals surface area contributed by atoms with Gasteiger partial charge in [0.25, 0.3) is 0 Å². The number of carboxylic acid groups (broad SMARTS) is 1. The van der Waals surface area contributed by atoms with Crippen molar-refractivity contribution in [2.75, 3.05) is 6.54 Å². The number of hydrogen-bond donors (Lipinski definition) is 1. The molecule has 2 aromatic rings. The van der Waals surface area contributed by atoms with E-state index >= 15 is 0 Å². The zero-order valence-corrected chi connectivity index (χ0v) is 13.4. The fourth-order valence-corrected chi connectivity index (χ4v) is 2.84. The van der Waals surface area contributed by atoms with E-state index in [2.05, 4.69) is 4.98 Å². The van der Waals surface area contributed by atoms with Crippen LogP contribution < -0.4 is 0 Å². The Hall–Kier alpha value is -2.83. The number of rotatable bonds is 4. The monoisotopic (exact) mass is 329 g/mol. The summed E-state index contributed by atoms with van der Waals surface area (Å²) in [7, 11) is 0. The second-order valence-electron chi connectivity index (χ2n) is 5.60. The van der Waals surface area contributed by atoms with Crippen molar-refractivity contribution in [3.63, 3.8) is 0 Å². The number of benzene rings is 1. The Morgan fingerprint density at radius 3 is 2.67 bits per heavy atom. The molecule has 0 fully saturated rings. The largest absolute Gasteiger partial charge is 0.477 e. The Morgan fingerprint density at radius 2 is 2.00 bits per heavy atom. The Labute approximate surface area is 139 Å². The quantitative estimate of drug-likeness (QED) is 0.930. The fourth-order valence-electron chi connectivity index (χ4n) is 2.84. The molecule has 1 amide bonds. The molecule has 2 heterocycles. The van der Waals surface area contributed by atoms with Gasteiger partial charge < -0.3 is 14.4 Å². The van der Waals surface area contributed by atoms with Gasteiger partial charge in [0.2, 0.25) is 0 Å². The van der Waals surface area contributed by atoms with E-state index in [9.17, 15) is 14.7 Å². The molecule has 24 heavy (non-hydrogen) atoms. The molecule has 1 aromatic carbocycles. The second kappa shape index (κ2) is 6.74.